The zero-order chi connectivity index (χ0) is 11.7. The normalized spacial score (nSPS) is 10.2. The fourth-order valence-electron chi connectivity index (χ4n) is 1.03. The molecular formula is C12H15N3. The van der Waals surface area contributed by atoms with Gasteiger partial charge in [0, 0.05) is 24.2 Å². The van der Waals surface area contributed by atoms with Crippen molar-refractivity contribution in [1.82, 2.24) is 4.98 Å². The van der Waals surface area contributed by atoms with Gasteiger partial charge in [-0.15, -0.1) is 0 Å². The predicted octanol–water partition coefficient (Wildman–Crippen LogP) is 3.00. The molecule has 0 aliphatic carbocycles. The van der Waals surface area contributed by atoms with Gasteiger partial charge in [0.15, 0.2) is 0 Å². The highest BCUT2D eigenvalue weighted by atomic mass is 14.7. The number of hydrogen-bond acceptors (Lipinski definition) is 3. The number of hydrogen-bond donors (Lipinski definition) is 0. The molecule has 1 rings (SSSR count). The average molecular weight is 201 g/mol. The van der Waals surface area contributed by atoms with Gasteiger partial charge in [-0.05, 0) is 12.1 Å². The van der Waals surface area contributed by atoms with E-state index in [1.165, 1.54) is 0 Å². The Morgan fingerprint density at radius 3 is 2.60 bits per heavy atom. The van der Waals surface area contributed by atoms with E-state index in [0.717, 1.165) is 5.69 Å². The number of nitriles is 2. The van der Waals surface area contributed by atoms with Crippen molar-refractivity contribution in [3.05, 3.63) is 29.6 Å². The van der Waals surface area contributed by atoms with Crippen LogP contribution in [-0.2, 0) is 0 Å². The Bertz CT molecular complexity index is 371. The van der Waals surface area contributed by atoms with Crippen LogP contribution in [0.1, 0.15) is 44.4 Å². The van der Waals surface area contributed by atoms with Gasteiger partial charge in [0.05, 0.1) is 17.7 Å². The SMILES string of the molecule is CC.CC(CC#N)c1cc(C#N)ccn1. The molecule has 3 nitrogen and oxygen atoms in total. The summed E-state index contributed by atoms with van der Waals surface area (Å²) in [6, 6.07) is 7.50. The van der Waals surface area contributed by atoms with Crippen molar-refractivity contribution in [2.45, 2.75) is 33.1 Å². The lowest BCUT2D eigenvalue weighted by molar-refractivity contribution is 0.756. The molecule has 0 aliphatic rings. The van der Waals surface area contributed by atoms with Gasteiger partial charge in [-0.1, -0.05) is 20.8 Å². The summed E-state index contributed by atoms with van der Waals surface area (Å²) in [4.78, 5) is 4.10. The minimum absolute atomic E-state index is 0.0956. The van der Waals surface area contributed by atoms with Gasteiger partial charge in [-0.3, -0.25) is 4.98 Å². The Labute approximate surface area is 91.0 Å². The molecule has 0 aliphatic heterocycles. The molecule has 0 N–H and O–H groups in total. The number of pyridine rings is 1. The highest BCUT2D eigenvalue weighted by Gasteiger charge is 2.06. The van der Waals surface area contributed by atoms with Crippen LogP contribution in [0, 0.1) is 22.7 Å². The van der Waals surface area contributed by atoms with Gasteiger partial charge in [0.25, 0.3) is 0 Å². The topological polar surface area (TPSA) is 60.5 Å². The summed E-state index contributed by atoms with van der Waals surface area (Å²) in [6.45, 7) is 5.92. The van der Waals surface area contributed by atoms with Crippen molar-refractivity contribution in [2.75, 3.05) is 0 Å². The second kappa shape index (κ2) is 7.53. The largest absolute Gasteiger partial charge is 0.261 e. The third-order valence-corrected chi connectivity index (χ3v) is 1.81. The van der Waals surface area contributed by atoms with Crippen LogP contribution < -0.4 is 0 Å². The first-order valence-electron chi connectivity index (χ1n) is 5.01. The number of aromatic nitrogens is 1. The Balaban J connectivity index is 0.000000921. The van der Waals surface area contributed by atoms with Gasteiger partial charge in [-0.2, -0.15) is 10.5 Å². The summed E-state index contributed by atoms with van der Waals surface area (Å²) in [5.74, 6) is 0.0956. The first kappa shape index (κ1) is 13.1. The van der Waals surface area contributed by atoms with E-state index in [-0.39, 0.29) is 5.92 Å². The molecule has 0 spiro atoms. The third kappa shape index (κ3) is 4.24. The molecule has 15 heavy (non-hydrogen) atoms. The maximum Gasteiger partial charge on any atom is 0.0992 e. The highest BCUT2D eigenvalue weighted by Crippen LogP contribution is 2.16. The molecule has 0 aromatic carbocycles. The van der Waals surface area contributed by atoms with E-state index in [1.54, 1.807) is 18.3 Å². The van der Waals surface area contributed by atoms with Gasteiger partial charge in [-0.25, -0.2) is 0 Å². The molecule has 3 heteroatoms. The monoisotopic (exact) mass is 201 g/mol. The molecule has 1 unspecified atom stereocenters. The van der Waals surface area contributed by atoms with Crippen LogP contribution in [0.15, 0.2) is 18.3 Å². The smallest absolute Gasteiger partial charge is 0.0992 e. The Hall–Kier alpha value is -1.87. The zero-order valence-corrected chi connectivity index (χ0v) is 9.36. The van der Waals surface area contributed by atoms with Crippen LogP contribution in [0.25, 0.3) is 0 Å². The second-order valence-corrected chi connectivity index (χ2v) is 2.84. The molecule has 0 bridgehead atoms. The Morgan fingerprint density at radius 2 is 2.07 bits per heavy atom. The minimum atomic E-state index is 0.0956. The summed E-state index contributed by atoms with van der Waals surface area (Å²) in [5.41, 5.74) is 1.40. The lowest BCUT2D eigenvalue weighted by Gasteiger charge is -2.05. The maximum atomic E-state index is 8.63. The van der Waals surface area contributed by atoms with Gasteiger partial charge >= 0.3 is 0 Å². The fraction of sp³-hybridized carbons (Fsp3) is 0.417. The molecule has 1 aromatic heterocycles. The lowest BCUT2D eigenvalue weighted by Crippen LogP contribution is -1.96. The molecule has 0 fully saturated rings. The minimum Gasteiger partial charge on any atom is -0.261 e. The second-order valence-electron chi connectivity index (χ2n) is 2.84. The quantitative estimate of drug-likeness (QED) is 0.739. The third-order valence-electron chi connectivity index (χ3n) is 1.81. The molecule has 1 heterocycles. The molecule has 0 saturated heterocycles. The first-order chi connectivity index (χ1) is 7.27. The van der Waals surface area contributed by atoms with Crippen molar-refractivity contribution in [2.24, 2.45) is 0 Å². The van der Waals surface area contributed by atoms with E-state index < -0.39 is 0 Å². The van der Waals surface area contributed by atoms with Crippen molar-refractivity contribution in [1.29, 1.82) is 10.5 Å². The van der Waals surface area contributed by atoms with E-state index in [2.05, 4.69) is 11.1 Å². The molecular weight excluding hydrogens is 186 g/mol. The van der Waals surface area contributed by atoms with E-state index in [1.807, 2.05) is 26.8 Å². The maximum absolute atomic E-state index is 8.63. The van der Waals surface area contributed by atoms with Crippen LogP contribution in [0.4, 0.5) is 0 Å². The van der Waals surface area contributed by atoms with E-state index in [9.17, 15) is 0 Å². The number of nitrogens with zero attached hydrogens (tertiary/aromatic N) is 3. The molecule has 0 saturated carbocycles. The first-order valence-corrected chi connectivity index (χ1v) is 5.01. The van der Waals surface area contributed by atoms with Crippen molar-refractivity contribution in [3.63, 3.8) is 0 Å². The van der Waals surface area contributed by atoms with Crippen molar-refractivity contribution >= 4 is 0 Å². The van der Waals surface area contributed by atoms with Crippen LogP contribution >= 0.6 is 0 Å². The molecule has 1 aromatic rings. The highest BCUT2D eigenvalue weighted by molar-refractivity contribution is 5.30. The molecule has 0 amide bonds. The molecule has 0 radical (unpaired) electrons. The summed E-state index contributed by atoms with van der Waals surface area (Å²) in [5, 5.41) is 17.1. The Morgan fingerprint density at radius 1 is 1.40 bits per heavy atom. The van der Waals surface area contributed by atoms with Gasteiger partial charge in [0.2, 0.25) is 0 Å². The lowest BCUT2D eigenvalue weighted by atomic mass is 10.0. The molecule has 78 valence electrons. The summed E-state index contributed by atoms with van der Waals surface area (Å²) < 4.78 is 0. The predicted molar refractivity (Wildman–Crippen MR) is 58.9 cm³/mol. The summed E-state index contributed by atoms with van der Waals surface area (Å²) in [6.07, 6.45) is 2.03. The molecule has 1 atom stereocenters. The van der Waals surface area contributed by atoms with E-state index >= 15 is 0 Å². The van der Waals surface area contributed by atoms with Crippen LogP contribution in [0.3, 0.4) is 0 Å². The zero-order valence-electron chi connectivity index (χ0n) is 9.36. The fourth-order valence-corrected chi connectivity index (χ4v) is 1.03. The summed E-state index contributed by atoms with van der Waals surface area (Å²) in [7, 11) is 0. The van der Waals surface area contributed by atoms with Crippen LogP contribution in [-0.4, -0.2) is 4.98 Å². The van der Waals surface area contributed by atoms with Crippen molar-refractivity contribution in [3.8, 4) is 12.1 Å². The van der Waals surface area contributed by atoms with Gasteiger partial charge in [0.1, 0.15) is 0 Å². The van der Waals surface area contributed by atoms with Crippen molar-refractivity contribution < 1.29 is 0 Å². The van der Waals surface area contributed by atoms with Gasteiger partial charge < -0.3 is 0 Å². The van der Waals surface area contributed by atoms with E-state index in [0.29, 0.717) is 12.0 Å². The van der Waals surface area contributed by atoms with E-state index in [4.69, 9.17) is 10.5 Å². The van der Waals surface area contributed by atoms with Crippen LogP contribution in [0.2, 0.25) is 0 Å². The summed E-state index contributed by atoms with van der Waals surface area (Å²) >= 11 is 0. The average Bonchev–Trinajstić information content (AvgIpc) is 2.32. The van der Waals surface area contributed by atoms with Crippen LogP contribution in [0.5, 0.6) is 0 Å². The Kier molecular flexibility index (Phi) is 6.59. The number of rotatable bonds is 2. The standard InChI is InChI=1S/C10H9N3.C2H6/c1-8(2-4-11)10-6-9(7-12)3-5-13-10;1-2/h3,5-6,8H,2H2,1H3;1-2H3.